The van der Waals surface area contributed by atoms with Crippen molar-refractivity contribution in [3.8, 4) is 11.8 Å². The van der Waals surface area contributed by atoms with Crippen molar-refractivity contribution in [2.24, 2.45) is 0 Å². The fourth-order valence-corrected chi connectivity index (χ4v) is 1.82. The summed E-state index contributed by atoms with van der Waals surface area (Å²) < 4.78 is 5.47. The lowest BCUT2D eigenvalue weighted by Gasteiger charge is -2.08. The maximum absolute atomic E-state index is 11.9. The van der Waals surface area contributed by atoms with Gasteiger partial charge in [0.2, 0.25) is 0 Å². The van der Waals surface area contributed by atoms with Gasteiger partial charge in [0.1, 0.15) is 12.4 Å². The van der Waals surface area contributed by atoms with Crippen LogP contribution in [-0.2, 0) is 0 Å². The van der Waals surface area contributed by atoms with Gasteiger partial charge in [-0.2, -0.15) is 5.26 Å². The average molecular weight is 301 g/mol. The monoisotopic (exact) mass is 300 g/mol. The van der Waals surface area contributed by atoms with Crippen molar-refractivity contribution >= 4 is 17.5 Å². The predicted octanol–water partition coefficient (Wildman–Crippen LogP) is 3.02. The van der Waals surface area contributed by atoms with Crippen molar-refractivity contribution in [1.82, 2.24) is 5.32 Å². The summed E-state index contributed by atoms with van der Waals surface area (Å²) in [6.07, 6.45) is 0. The van der Waals surface area contributed by atoms with Crippen molar-refractivity contribution in [2.75, 3.05) is 13.2 Å². The molecule has 0 aliphatic rings. The van der Waals surface area contributed by atoms with Crippen LogP contribution < -0.4 is 10.1 Å². The fraction of sp³-hybridized carbons (Fsp3) is 0.125. The molecule has 0 unspecified atom stereocenters. The maximum atomic E-state index is 11.9. The molecule has 21 heavy (non-hydrogen) atoms. The molecular formula is C16H13ClN2O2. The Balaban J connectivity index is 1.79. The van der Waals surface area contributed by atoms with Crippen LogP contribution in [0.1, 0.15) is 15.9 Å². The molecule has 0 radical (unpaired) electrons. The van der Waals surface area contributed by atoms with Gasteiger partial charge in [0.25, 0.3) is 5.91 Å². The number of nitriles is 1. The lowest BCUT2D eigenvalue weighted by Crippen LogP contribution is -2.28. The third-order valence-electron chi connectivity index (χ3n) is 2.72. The number of hydrogen-bond acceptors (Lipinski definition) is 3. The van der Waals surface area contributed by atoms with E-state index in [2.05, 4.69) is 5.32 Å². The third kappa shape index (κ3) is 4.51. The minimum absolute atomic E-state index is 0.230. The Morgan fingerprint density at radius 1 is 1.24 bits per heavy atom. The van der Waals surface area contributed by atoms with Gasteiger partial charge in [-0.3, -0.25) is 4.79 Å². The number of halogens is 1. The Kier molecular flexibility index (Phi) is 5.19. The molecule has 0 fully saturated rings. The van der Waals surface area contributed by atoms with Crippen molar-refractivity contribution in [1.29, 1.82) is 5.26 Å². The molecule has 2 rings (SSSR count). The Morgan fingerprint density at radius 2 is 2.00 bits per heavy atom. The van der Waals surface area contributed by atoms with E-state index >= 15 is 0 Å². The highest BCUT2D eigenvalue weighted by atomic mass is 35.5. The third-order valence-corrected chi connectivity index (χ3v) is 2.98. The average Bonchev–Trinajstić information content (AvgIpc) is 2.53. The van der Waals surface area contributed by atoms with Gasteiger partial charge >= 0.3 is 0 Å². The van der Waals surface area contributed by atoms with Gasteiger partial charge < -0.3 is 10.1 Å². The molecule has 0 aliphatic heterocycles. The Hall–Kier alpha value is -2.51. The normalized spacial score (nSPS) is 9.71. The number of nitrogens with zero attached hydrogens (tertiary/aromatic N) is 1. The molecule has 106 valence electrons. The number of amides is 1. The van der Waals surface area contributed by atoms with E-state index in [1.165, 1.54) is 0 Å². The molecule has 4 nitrogen and oxygen atoms in total. The molecular weight excluding hydrogens is 288 g/mol. The van der Waals surface area contributed by atoms with Crippen LogP contribution in [0.4, 0.5) is 0 Å². The van der Waals surface area contributed by atoms with Crippen molar-refractivity contribution in [3.05, 3.63) is 64.7 Å². The number of rotatable bonds is 5. The summed E-state index contributed by atoms with van der Waals surface area (Å²) in [5, 5.41) is 12.2. The first-order valence-electron chi connectivity index (χ1n) is 6.36. The quantitative estimate of drug-likeness (QED) is 0.863. The molecule has 1 N–H and O–H groups in total. The summed E-state index contributed by atoms with van der Waals surface area (Å²) in [6, 6.07) is 15.6. The summed E-state index contributed by atoms with van der Waals surface area (Å²) in [4.78, 5) is 11.9. The zero-order valence-electron chi connectivity index (χ0n) is 11.2. The second-order valence-corrected chi connectivity index (χ2v) is 4.69. The molecule has 0 spiro atoms. The summed E-state index contributed by atoms with van der Waals surface area (Å²) in [6.45, 7) is 0.726. The van der Waals surface area contributed by atoms with Crippen LogP contribution in [0.15, 0.2) is 48.5 Å². The van der Waals surface area contributed by atoms with Crippen molar-refractivity contribution < 1.29 is 9.53 Å². The van der Waals surface area contributed by atoms with Gasteiger partial charge in [0.05, 0.1) is 18.2 Å². The van der Waals surface area contributed by atoms with Crippen LogP contribution >= 0.6 is 11.6 Å². The standard InChI is InChI=1S/C16H13ClN2O2/c17-14-4-6-15(7-5-14)21-9-8-19-16(20)13-3-1-2-12(10-13)11-18/h1-7,10H,8-9H2,(H,19,20). The van der Waals surface area contributed by atoms with Gasteiger partial charge in [0, 0.05) is 10.6 Å². The van der Waals surface area contributed by atoms with Crippen LogP contribution in [0, 0.1) is 11.3 Å². The van der Waals surface area contributed by atoms with Gasteiger partial charge in [-0.1, -0.05) is 17.7 Å². The zero-order valence-corrected chi connectivity index (χ0v) is 11.9. The highest BCUT2D eigenvalue weighted by Gasteiger charge is 2.05. The molecule has 5 heteroatoms. The number of nitrogens with one attached hydrogen (secondary N) is 1. The zero-order chi connectivity index (χ0) is 15.1. The molecule has 0 aromatic heterocycles. The molecule has 0 heterocycles. The minimum Gasteiger partial charge on any atom is -0.492 e. The van der Waals surface area contributed by atoms with Crippen molar-refractivity contribution in [3.63, 3.8) is 0 Å². The van der Waals surface area contributed by atoms with E-state index in [1.54, 1.807) is 48.5 Å². The van der Waals surface area contributed by atoms with Gasteiger partial charge in [-0.25, -0.2) is 0 Å². The van der Waals surface area contributed by atoms with Crippen LogP contribution in [0.3, 0.4) is 0 Å². The summed E-state index contributed by atoms with van der Waals surface area (Å²) >= 11 is 5.77. The number of ether oxygens (including phenoxy) is 1. The molecule has 0 bridgehead atoms. The number of carbonyl (C=O) groups is 1. The smallest absolute Gasteiger partial charge is 0.251 e. The van der Waals surface area contributed by atoms with Gasteiger partial charge in [-0.05, 0) is 42.5 Å². The molecule has 1 amide bonds. The SMILES string of the molecule is N#Cc1cccc(C(=O)NCCOc2ccc(Cl)cc2)c1. The molecule has 0 aliphatic carbocycles. The molecule has 0 atom stereocenters. The summed E-state index contributed by atoms with van der Waals surface area (Å²) in [7, 11) is 0. The second kappa shape index (κ2) is 7.32. The number of benzene rings is 2. The molecule has 0 saturated carbocycles. The van der Waals surface area contributed by atoms with E-state index in [-0.39, 0.29) is 5.91 Å². The topological polar surface area (TPSA) is 62.1 Å². The number of hydrogen-bond donors (Lipinski definition) is 1. The molecule has 2 aromatic rings. The highest BCUT2D eigenvalue weighted by molar-refractivity contribution is 6.30. The van der Waals surface area contributed by atoms with E-state index in [9.17, 15) is 4.79 Å². The number of carbonyl (C=O) groups excluding carboxylic acids is 1. The Labute approximate surface area is 127 Å². The highest BCUT2D eigenvalue weighted by Crippen LogP contribution is 2.15. The lowest BCUT2D eigenvalue weighted by molar-refractivity contribution is 0.0947. The lowest BCUT2D eigenvalue weighted by atomic mass is 10.1. The van der Waals surface area contributed by atoms with Gasteiger partial charge in [0.15, 0.2) is 0 Å². The first kappa shape index (κ1) is 14.9. The molecule has 2 aromatic carbocycles. The van der Waals surface area contributed by atoms with Gasteiger partial charge in [-0.15, -0.1) is 0 Å². The van der Waals surface area contributed by atoms with Crippen LogP contribution in [-0.4, -0.2) is 19.1 Å². The van der Waals surface area contributed by atoms with Crippen LogP contribution in [0.25, 0.3) is 0 Å². The van der Waals surface area contributed by atoms with Crippen molar-refractivity contribution in [2.45, 2.75) is 0 Å². The second-order valence-electron chi connectivity index (χ2n) is 4.25. The Morgan fingerprint density at radius 3 is 2.71 bits per heavy atom. The van der Waals surface area contributed by atoms with E-state index in [0.29, 0.717) is 35.1 Å². The largest absolute Gasteiger partial charge is 0.492 e. The summed E-state index contributed by atoms with van der Waals surface area (Å²) in [5.74, 6) is 0.465. The minimum atomic E-state index is -0.230. The first-order valence-corrected chi connectivity index (χ1v) is 6.73. The first-order chi connectivity index (χ1) is 10.2. The Bertz CT molecular complexity index is 663. The summed E-state index contributed by atoms with van der Waals surface area (Å²) in [5.41, 5.74) is 0.917. The van der Waals surface area contributed by atoms with E-state index in [0.717, 1.165) is 0 Å². The van der Waals surface area contributed by atoms with E-state index in [1.807, 2.05) is 6.07 Å². The predicted molar refractivity (Wildman–Crippen MR) is 80.4 cm³/mol. The van der Waals surface area contributed by atoms with Crippen LogP contribution in [0.5, 0.6) is 5.75 Å². The van der Waals surface area contributed by atoms with E-state index < -0.39 is 0 Å². The molecule has 0 saturated heterocycles. The fourth-order valence-electron chi connectivity index (χ4n) is 1.70. The maximum Gasteiger partial charge on any atom is 0.251 e. The van der Waals surface area contributed by atoms with Crippen LogP contribution in [0.2, 0.25) is 5.02 Å². The van der Waals surface area contributed by atoms with E-state index in [4.69, 9.17) is 21.6 Å².